The summed E-state index contributed by atoms with van der Waals surface area (Å²) in [6.45, 7) is 7.92. The summed E-state index contributed by atoms with van der Waals surface area (Å²) in [6.07, 6.45) is 2.90. The van der Waals surface area contributed by atoms with Crippen LogP contribution in [0.4, 0.5) is 0 Å². The number of piperazine rings is 1. The van der Waals surface area contributed by atoms with Crippen molar-refractivity contribution in [3.05, 3.63) is 50.9 Å². The smallest absolute Gasteiger partial charge is 0.193 e. The Morgan fingerprint density at radius 1 is 1.23 bits per heavy atom. The number of aromatic nitrogens is 1. The minimum absolute atomic E-state index is 0.866. The van der Waals surface area contributed by atoms with Crippen molar-refractivity contribution in [2.45, 2.75) is 19.9 Å². The molecule has 5 nitrogen and oxygen atoms in total. The van der Waals surface area contributed by atoms with Crippen molar-refractivity contribution < 1.29 is 0 Å². The molecule has 2 aromatic rings. The maximum atomic E-state index is 6.03. The van der Waals surface area contributed by atoms with E-state index in [0.29, 0.717) is 0 Å². The molecule has 140 valence electrons. The highest BCUT2D eigenvalue weighted by atomic mass is 35.5. The molecule has 0 radical (unpaired) electrons. The number of nitrogens with one attached hydrogen (secondary N) is 1. The van der Waals surface area contributed by atoms with Gasteiger partial charge in [-0.3, -0.25) is 14.9 Å². The van der Waals surface area contributed by atoms with Crippen LogP contribution in [-0.4, -0.2) is 60.5 Å². The van der Waals surface area contributed by atoms with E-state index in [2.05, 4.69) is 43.3 Å². The molecule has 1 saturated heterocycles. The van der Waals surface area contributed by atoms with E-state index in [0.717, 1.165) is 61.7 Å². The Morgan fingerprint density at radius 3 is 2.65 bits per heavy atom. The summed E-state index contributed by atoms with van der Waals surface area (Å²) < 4.78 is 0.868. The van der Waals surface area contributed by atoms with Crippen LogP contribution >= 0.6 is 22.9 Å². The Morgan fingerprint density at radius 2 is 2.04 bits per heavy atom. The number of thiophene rings is 1. The number of pyridine rings is 1. The number of rotatable bonds is 5. The molecule has 3 rings (SSSR count). The number of guanidine groups is 1. The first-order chi connectivity index (χ1) is 12.6. The number of halogens is 1. The molecule has 0 unspecified atom stereocenters. The van der Waals surface area contributed by atoms with Gasteiger partial charge in [0.15, 0.2) is 5.96 Å². The zero-order valence-electron chi connectivity index (χ0n) is 15.4. The third-order valence-electron chi connectivity index (χ3n) is 4.56. The zero-order chi connectivity index (χ0) is 18.4. The summed E-state index contributed by atoms with van der Waals surface area (Å²) in [6, 6.07) is 8.31. The standard InChI is InChI=1S/C19H26ClN5S/c1-15-3-4-16(13-23-15)7-8-22-19(21-2)25-11-9-24(10-12-25)14-17-5-6-18(20)26-17/h3-6,13H,7-12,14H2,1-2H3,(H,21,22). The molecule has 0 aromatic carbocycles. The molecule has 0 spiro atoms. The van der Waals surface area contributed by atoms with Crippen LogP contribution in [-0.2, 0) is 13.0 Å². The number of hydrogen-bond acceptors (Lipinski definition) is 4. The van der Waals surface area contributed by atoms with Gasteiger partial charge >= 0.3 is 0 Å². The Labute approximate surface area is 164 Å². The maximum Gasteiger partial charge on any atom is 0.193 e. The lowest BCUT2D eigenvalue weighted by Crippen LogP contribution is -2.52. The van der Waals surface area contributed by atoms with E-state index in [9.17, 15) is 0 Å². The fraction of sp³-hybridized carbons (Fsp3) is 0.474. The topological polar surface area (TPSA) is 43.8 Å². The third kappa shape index (κ3) is 5.43. The highest BCUT2D eigenvalue weighted by Gasteiger charge is 2.19. The Kier molecular flexibility index (Phi) is 6.88. The van der Waals surface area contributed by atoms with Gasteiger partial charge in [0.05, 0.1) is 4.34 Å². The molecule has 26 heavy (non-hydrogen) atoms. The van der Waals surface area contributed by atoms with E-state index in [1.165, 1.54) is 10.4 Å². The van der Waals surface area contributed by atoms with Crippen LogP contribution in [0.2, 0.25) is 4.34 Å². The Hall–Kier alpha value is -1.63. The minimum Gasteiger partial charge on any atom is -0.356 e. The predicted molar refractivity (Wildman–Crippen MR) is 110 cm³/mol. The average molecular weight is 392 g/mol. The van der Waals surface area contributed by atoms with Gasteiger partial charge in [-0.05, 0) is 37.1 Å². The van der Waals surface area contributed by atoms with Crippen molar-refractivity contribution in [2.24, 2.45) is 4.99 Å². The fourth-order valence-corrected chi connectivity index (χ4v) is 4.20. The summed E-state index contributed by atoms with van der Waals surface area (Å²) in [5.74, 6) is 0.990. The predicted octanol–water partition coefficient (Wildman–Crippen LogP) is 3.04. The highest BCUT2D eigenvalue weighted by molar-refractivity contribution is 7.16. The van der Waals surface area contributed by atoms with Crippen molar-refractivity contribution in [1.82, 2.24) is 20.1 Å². The third-order valence-corrected chi connectivity index (χ3v) is 5.78. The highest BCUT2D eigenvalue weighted by Crippen LogP contribution is 2.23. The molecule has 0 aliphatic carbocycles. The van der Waals surface area contributed by atoms with Gasteiger partial charge in [0.1, 0.15) is 0 Å². The molecule has 3 heterocycles. The first-order valence-electron chi connectivity index (χ1n) is 8.98. The number of aliphatic imine (C=N–C) groups is 1. The fourth-order valence-electron chi connectivity index (χ4n) is 3.07. The summed E-state index contributed by atoms with van der Waals surface area (Å²) in [7, 11) is 1.86. The minimum atomic E-state index is 0.866. The van der Waals surface area contributed by atoms with Crippen LogP contribution in [0, 0.1) is 6.92 Å². The largest absolute Gasteiger partial charge is 0.356 e. The first kappa shape index (κ1) is 19.1. The molecule has 7 heteroatoms. The molecule has 0 amide bonds. The molecule has 1 fully saturated rings. The van der Waals surface area contributed by atoms with E-state index in [1.807, 2.05) is 26.2 Å². The zero-order valence-corrected chi connectivity index (χ0v) is 17.0. The van der Waals surface area contributed by atoms with Crippen molar-refractivity contribution in [3.8, 4) is 0 Å². The number of aryl methyl sites for hydroxylation is 1. The van der Waals surface area contributed by atoms with E-state index in [-0.39, 0.29) is 0 Å². The van der Waals surface area contributed by atoms with Crippen LogP contribution in [0.3, 0.4) is 0 Å². The number of hydrogen-bond donors (Lipinski definition) is 1. The van der Waals surface area contributed by atoms with Gasteiger partial charge in [-0.25, -0.2) is 0 Å². The monoisotopic (exact) mass is 391 g/mol. The van der Waals surface area contributed by atoms with Gasteiger partial charge in [0.2, 0.25) is 0 Å². The lowest BCUT2D eigenvalue weighted by atomic mass is 10.2. The van der Waals surface area contributed by atoms with E-state index in [4.69, 9.17) is 11.6 Å². The van der Waals surface area contributed by atoms with Crippen LogP contribution in [0.25, 0.3) is 0 Å². The molecule has 1 aliphatic heterocycles. The molecule has 0 atom stereocenters. The van der Waals surface area contributed by atoms with E-state index >= 15 is 0 Å². The lowest BCUT2D eigenvalue weighted by molar-refractivity contribution is 0.174. The molecule has 2 aromatic heterocycles. The molecule has 0 saturated carbocycles. The van der Waals surface area contributed by atoms with Gasteiger partial charge in [-0.1, -0.05) is 17.7 Å². The van der Waals surface area contributed by atoms with Crippen LogP contribution < -0.4 is 5.32 Å². The molecular weight excluding hydrogens is 366 g/mol. The molecule has 1 N–H and O–H groups in total. The molecular formula is C19H26ClN5S. The second-order valence-electron chi connectivity index (χ2n) is 6.50. The van der Waals surface area contributed by atoms with Crippen molar-refractivity contribution in [2.75, 3.05) is 39.8 Å². The molecule has 0 bridgehead atoms. The quantitative estimate of drug-likeness (QED) is 0.628. The maximum absolute atomic E-state index is 6.03. The second-order valence-corrected chi connectivity index (χ2v) is 8.30. The Balaban J connectivity index is 1.42. The summed E-state index contributed by atoms with van der Waals surface area (Å²) in [5, 5.41) is 3.48. The SMILES string of the molecule is CN=C(NCCc1ccc(C)nc1)N1CCN(Cc2ccc(Cl)s2)CC1. The van der Waals surface area contributed by atoms with Crippen LogP contribution in [0.15, 0.2) is 35.5 Å². The van der Waals surface area contributed by atoms with Gasteiger partial charge in [-0.2, -0.15) is 0 Å². The lowest BCUT2D eigenvalue weighted by Gasteiger charge is -2.36. The summed E-state index contributed by atoms with van der Waals surface area (Å²) >= 11 is 7.70. The normalized spacial score (nSPS) is 16.1. The van der Waals surface area contributed by atoms with Gasteiger partial charge < -0.3 is 10.2 Å². The van der Waals surface area contributed by atoms with E-state index in [1.54, 1.807) is 11.3 Å². The van der Waals surface area contributed by atoms with Gasteiger partial charge in [0.25, 0.3) is 0 Å². The number of nitrogens with zero attached hydrogens (tertiary/aromatic N) is 4. The second kappa shape index (κ2) is 9.35. The van der Waals surface area contributed by atoms with Gasteiger partial charge in [-0.15, -0.1) is 11.3 Å². The van der Waals surface area contributed by atoms with Crippen LogP contribution in [0.5, 0.6) is 0 Å². The molecule has 1 aliphatic rings. The van der Waals surface area contributed by atoms with Crippen molar-refractivity contribution >= 4 is 28.9 Å². The van der Waals surface area contributed by atoms with Crippen molar-refractivity contribution in [1.29, 1.82) is 0 Å². The van der Waals surface area contributed by atoms with Gasteiger partial charge in [0, 0.05) is 63.1 Å². The van der Waals surface area contributed by atoms with Crippen molar-refractivity contribution in [3.63, 3.8) is 0 Å². The Bertz CT molecular complexity index is 720. The summed E-state index contributed by atoms with van der Waals surface area (Å²) in [5.41, 5.74) is 2.30. The average Bonchev–Trinajstić information content (AvgIpc) is 3.06. The van der Waals surface area contributed by atoms with Crippen LogP contribution in [0.1, 0.15) is 16.1 Å². The first-order valence-corrected chi connectivity index (χ1v) is 10.2. The van der Waals surface area contributed by atoms with E-state index < -0.39 is 0 Å². The summed E-state index contributed by atoms with van der Waals surface area (Å²) in [4.78, 5) is 14.9.